The summed E-state index contributed by atoms with van der Waals surface area (Å²) in [6.45, 7) is 7.65. The molecule has 0 aliphatic carbocycles. The Bertz CT molecular complexity index is 613. The van der Waals surface area contributed by atoms with Gasteiger partial charge in [0.1, 0.15) is 18.1 Å². The quantitative estimate of drug-likeness (QED) is 0.598. The zero-order valence-electron chi connectivity index (χ0n) is 12.6. The molecule has 1 aromatic heterocycles. The number of methoxy groups -OCH3 is 1. The fourth-order valence-electron chi connectivity index (χ4n) is 2.21. The molecule has 2 rings (SSSR count). The number of aryl methyl sites for hydroxylation is 1. The average Bonchev–Trinajstić information content (AvgIpc) is 2.82. The lowest BCUT2D eigenvalue weighted by Gasteiger charge is -2.03. The molecule has 0 radical (unpaired) electrons. The maximum Gasteiger partial charge on any atom is 0.377 e. The third kappa shape index (κ3) is 2.79. The number of rotatable bonds is 6. The van der Waals surface area contributed by atoms with Crippen molar-refractivity contribution in [1.29, 1.82) is 0 Å². The highest BCUT2D eigenvalue weighted by Crippen LogP contribution is 2.21. The molecule has 0 saturated carbocycles. The lowest BCUT2D eigenvalue weighted by atomic mass is 10.3. The van der Waals surface area contributed by atoms with E-state index in [1.807, 2.05) is 31.2 Å². The van der Waals surface area contributed by atoms with Gasteiger partial charge in [0.15, 0.2) is 0 Å². The van der Waals surface area contributed by atoms with E-state index in [0.717, 1.165) is 41.5 Å². The SMILES string of the molecule is CCO/C(=C\c1oc2ccc(OC)cc2[n+]1CC)CC. The molecule has 4 heteroatoms. The molecule has 0 N–H and O–H groups in total. The van der Waals surface area contributed by atoms with Gasteiger partial charge in [-0.3, -0.25) is 0 Å². The van der Waals surface area contributed by atoms with Gasteiger partial charge >= 0.3 is 5.89 Å². The first-order valence-electron chi connectivity index (χ1n) is 7.07. The van der Waals surface area contributed by atoms with Crippen molar-refractivity contribution in [3.63, 3.8) is 0 Å². The van der Waals surface area contributed by atoms with E-state index in [1.165, 1.54) is 0 Å². The summed E-state index contributed by atoms with van der Waals surface area (Å²) in [5.41, 5.74) is 1.89. The highest BCUT2D eigenvalue weighted by molar-refractivity contribution is 5.72. The molecule has 0 bridgehead atoms. The molecule has 0 saturated heterocycles. The summed E-state index contributed by atoms with van der Waals surface area (Å²) in [5, 5.41) is 0. The minimum absolute atomic E-state index is 0.667. The van der Waals surface area contributed by atoms with Gasteiger partial charge in [0.2, 0.25) is 5.58 Å². The molecule has 2 aromatic rings. The summed E-state index contributed by atoms with van der Waals surface area (Å²) in [5.74, 6) is 2.57. The van der Waals surface area contributed by atoms with Gasteiger partial charge in [0, 0.05) is 6.42 Å². The molecule has 0 fully saturated rings. The van der Waals surface area contributed by atoms with Gasteiger partial charge in [-0.2, -0.15) is 4.57 Å². The fraction of sp³-hybridized carbons (Fsp3) is 0.438. The second-order valence-electron chi connectivity index (χ2n) is 4.42. The minimum Gasteiger partial charge on any atom is -0.498 e. The van der Waals surface area contributed by atoms with Crippen molar-refractivity contribution in [2.75, 3.05) is 13.7 Å². The van der Waals surface area contributed by atoms with Crippen LogP contribution in [0.2, 0.25) is 0 Å². The number of oxazole rings is 1. The molecule has 1 heterocycles. The Morgan fingerprint density at radius 3 is 2.70 bits per heavy atom. The third-order valence-corrected chi connectivity index (χ3v) is 3.22. The van der Waals surface area contributed by atoms with Crippen LogP contribution in [0.1, 0.15) is 33.1 Å². The van der Waals surface area contributed by atoms with Gasteiger partial charge in [-0.1, -0.05) is 6.92 Å². The van der Waals surface area contributed by atoms with Crippen LogP contribution < -0.4 is 9.30 Å². The van der Waals surface area contributed by atoms with Crippen molar-refractivity contribution in [1.82, 2.24) is 0 Å². The number of benzene rings is 1. The van der Waals surface area contributed by atoms with Crippen molar-refractivity contribution in [3.05, 3.63) is 29.8 Å². The number of hydrogen-bond acceptors (Lipinski definition) is 3. The van der Waals surface area contributed by atoms with Gasteiger partial charge in [-0.25, -0.2) is 0 Å². The number of hydrogen-bond donors (Lipinski definition) is 0. The Hall–Kier alpha value is -1.97. The number of ether oxygens (including phenoxy) is 2. The summed E-state index contributed by atoms with van der Waals surface area (Å²) in [6.07, 6.45) is 2.82. The van der Waals surface area contributed by atoms with Crippen LogP contribution in [0, 0.1) is 0 Å². The summed E-state index contributed by atoms with van der Waals surface area (Å²) in [4.78, 5) is 0. The lowest BCUT2D eigenvalue weighted by Crippen LogP contribution is -2.33. The fourth-order valence-corrected chi connectivity index (χ4v) is 2.21. The van der Waals surface area contributed by atoms with E-state index >= 15 is 0 Å². The number of fused-ring (bicyclic) bond motifs is 1. The third-order valence-electron chi connectivity index (χ3n) is 3.22. The standard InChI is InChI=1S/C16H22NO3/c1-5-12(19-7-3)11-16-17(6-2)14-10-13(18-4)8-9-15(14)20-16/h8-11H,5-7H2,1-4H3/q+1/b12-11-. The van der Waals surface area contributed by atoms with Crippen molar-refractivity contribution in [2.24, 2.45) is 0 Å². The van der Waals surface area contributed by atoms with E-state index < -0.39 is 0 Å². The van der Waals surface area contributed by atoms with Crippen molar-refractivity contribution in [3.8, 4) is 5.75 Å². The van der Waals surface area contributed by atoms with E-state index in [0.29, 0.717) is 6.61 Å². The molecule has 1 aromatic carbocycles. The monoisotopic (exact) mass is 276 g/mol. The van der Waals surface area contributed by atoms with Crippen LogP contribution >= 0.6 is 0 Å². The maximum absolute atomic E-state index is 5.92. The Labute approximate surface area is 119 Å². The molecule has 0 aliphatic rings. The highest BCUT2D eigenvalue weighted by Gasteiger charge is 2.20. The molecule has 0 aliphatic heterocycles. The van der Waals surface area contributed by atoms with Gasteiger partial charge < -0.3 is 13.9 Å². The van der Waals surface area contributed by atoms with Crippen LogP contribution in [-0.4, -0.2) is 13.7 Å². The summed E-state index contributed by atoms with van der Waals surface area (Å²) in [7, 11) is 1.67. The number of allylic oxidation sites excluding steroid dienone is 1. The molecule has 0 amide bonds. The molecule has 0 spiro atoms. The normalized spacial score (nSPS) is 11.9. The Morgan fingerprint density at radius 2 is 2.10 bits per heavy atom. The molecule has 4 nitrogen and oxygen atoms in total. The number of nitrogens with zero attached hydrogens (tertiary/aromatic N) is 1. The summed E-state index contributed by atoms with van der Waals surface area (Å²) in [6, 6.07) is 5.83. The molecular weight excluding hydrogens is 254 g/mol. The first kappa shape index (κ1) is 14.4. The predicted octanol–water partition coefficient (Wildman–Crippen LogP) is 3.54. The van der Waals surface area contributed by atoms with Gasteiger partial charge in [-0.15, -0.1) is 0 Å². The molecule has 0 atom stereocenters. The summed E-state index contributed by atoms with van der Waals surface area (Å²) < 4.78 is 18.9. The van der Waals surface area contributed by atoms with Crippen LogP contribution in [0.5, 0.6) is 5.75 Å². The Morgan fingerprint density at radius 1 is 1.30 bits per heavy atom. The van der Waals surface area contributed by atoms with Crippen molar-refractivity contribution in [2.45, 2.75) is 33.7 Å². The van der Waals surface area contributed by atoms with E-state index in [2.05, 4.69) is 18.4 Å². The van der Waals surface area contributed by atoms with E-state index in [4.69, 9.17) is 13.9 Å². The van der Waals surface area contributed by atoms with Crippen molar-refractivity contribution >= 4 is 17.2 Å². The van der Waals surface area contributed by atoms with Crippen LogP contribution in [-0.2, 0) is 11.3 Å². The molecule has 20 heavy (non-hydrogen) atoms. The van der Waals surface area contributed by atoms with Gasteiger partial charge in [0.05, 0.1) is 25.9 Å². The lowest BCUT2D eigenvalue weighted by molar-refractivity contribution is -0.674. The highest BCUT2D eigenvalue weighted by atomic mass is 16.5. The van der Waals surface area contributed by atoms with E-state index in [1.54, 1.807) is 7.11 Å². The second-order valence-corrected chi connectivity index (χ2v) is 4.42. The zero-order chi connectivity index (χ0) is 14.5. The van der Waals surface area contributed by atoms with Crippen LogP contribution in [0.15, 0.2) is 28.4 Å². The van der Waals surface area contributed by atoms with E-state index in [-0.39, 0.29) is 0 Å². The molecule has 0 unspecified atom stereocenters. The molecule has 108 valence electrons. The van der Waals surface area contributed by atoms with Crippen LogP contribution in [0.3, 0.4) is 0 Å². The summed E-state index contributed by atoms with van der Waals surface area (Å²) >= 11 is 0. The smallest absolute Gasteiger partial charge is 0.377 e. The Balaban J connectivity index is 2.53. The largest absolute Gasteiger partial charge is 0.498 e. The van der Waals surface area contributed by atoms with Gasteiger partial charge in [-0.05, 0) is 26.0 Å². The minimum atomic E-state index is 0.667. The van der Waals surface area contributed by atoms with E-state index in [9.17, 15) is 0 Å². The topological polar surface area (TPSA) is 35.5 Å². The van der Waals surface area contributed by atoms with Crippen LogP contribution in [0.25, 0.3) is 17.2 Å². The Kier molecular flexibility index (Phi) is 4.66. The first-order valence-corrected chi connectivity index (χ1v) is 7.07. The average molecular weight is 276 g/mol. The first-order chi connectivity index (χ1) is 9.73. The maximum atomic E-state index is 5.92. The van der Waals surface area contributed by atoms with Gasteiger partial charge in [0.25, 0.3) is 5.52 Å². The number of aromatic nitrogens is 1. The predicted molar refractivity (Wildman–Crippen MR) is 78.5 cm³/mol. The van der Waals surface area contributed by atoms with Crippen molar-refractivity contribution < 1.29 is 18.5 Å². The zero-order valence-corrected chi connectivity index (χ0v) is 12.6. The molecular formula is C16H22NO3+. The van der Waals surface area contributed by atoms with Crippen LogP contribution in [0.4, 0.5) is 0 Å². The second kappa shape index (κ2) is 6.46.